The smallest absolute Gasteiger partial charge is 0.243 e. The summed E-state index contributed by atoms with van der Waals surface area (Å²) in [4.78, 5) is 15.9. The molecule has 1 aliphatic heterocycles. The van der Waals surface area contributed by atoms with Gasteiger partial charge in [-0.2, -0.15) is 4.31 Å². The summed E-state index contributed by atoms with van der Waals surface area (Å²) < 4.78 is 29.8. The number of pyridine rings is 1. The van der Waals surface area contributed by atoms with Crippen LogP contribution in [0.4, 0.5) is 5.69 Å². The van der Waals surface area contributed by atoms with Crippen molar-refractivity contribution in [1.82, 2.24) is 13.9 Å². The van der Waals surface area contributed by atoms with Crippen LogP contribution in [0.1, 0.15) is 38.8 Å². The van der Waals surface area contributed by atoms with E-state index in [4.69, 9.17) is 0 Å². The van der Waals surface area contributed by atoms with Crippen LogP contribution in [-0.2, 0) is 14.8 Å². The van der Waals surface area contributed by atoms with E-state index in [0.29, 0.717) is 25.2 Å². The van der Waals surface area contributed by atoms with Crippen molar-refractivity contribution in [2.24, 2.45) is 0 Å². The van der Waals surface area contributed by atoms with Crippen LogP contribution < -0.4 is 5.32 Å². The first-order valence-corrected chi connectivity index (χ1v) is 11.7. The molecule has 0 radical (unpaired) electrons. The van der Waals surface area contributed by atoms with Crippen molar-refractivity contribution in [2.45, 2.75) is 38.1 Å². The van der Waals surface area contributed by atoms with Crippen molar-refractivity contribution in [3.63, 3.8) is 0 Å². The number of aromatic nitrogens is 2. The molecule has 0 saturated heterocycles. The molecular formula is C23H26N4O3S. The molecule has 1 amide bonds. The molecule has 3 aromatic rings. The van der Waals surface area contributed by atoms with Gasteiger partial charge in [0.05, 0.1) is 4.90 Å². The van der Waals surface area contributed by atoms with Crippen LogP contribution >= 0.6 is 0 Å². The normalized spacial score (nSPS) is 15.3. The molecule has 4 rings (SSSR count). The van der Waals surface area contributed by atoms with Gasteiger partial charge in [-0.25, -0.2) is 13.4 Å². The van der Waals surface area contributed by atoms with E-state index in [2.05, 4.69) is 41.0 Å². The van der Waals surface area contributed by atoms with E-state index in [9.17, 15) is 13.2 Å². The lowest BCUT2D eigenvalue weighted by atomic mass is 10.0. The van der Waals surface area contributed by atoms with Crippen LogP contribution in [-0.4, -0.2) is 41.3 Å². The summed E-state index contributed by atoms with van der Waals surface area (Å²) in [6.07, 6.45) is 6.55. The van der Waals surface area contributed by atoms with Crippen LogP contribution in [0, 0.1) is 0 Å². The van der Waals surface area contributed by atoms with E-state index in [1.807, 2.05) is 12.1 Å². The number of carbonyl (C=O) groups is 1. The van der Waals surface area contributed by atoms with E-state index in [0.717, 1.165) is 22.2 Å². The SMILES string of the molecule is CC(=O)Nc1ccc(S(=O)(=O)N2CC=C(c3cn(C(C)C)c4ncccc34)CC2)cc1. The van der Waals surface area contributed by atoms with Crippen LogP contribution in [0.2, 0.25) is 0 Å². The van der Waals surface area contributed by atoms with Gasteiger partial charge in [-0.1, -0.05) is 6.08 Å². The van der Waals surface area contributed by atoms with Crippen molar-refractivity contribution in [1.29, 1.82) is 0 Å². The standard InChI is InChI=1S/C23H26N4O3S/c1-16(2)27-15-22(21-5-4-12-24-23(21)27)18-10-13-26(14-11-18)31(29,30)20-8-6-19(7-9-20)25-17(3)28/h4-10,12,15-16H,11,13-14H2,1-3H3,(H,25,28). The van der Waals surface area contributed by atoms with E-state index in [1.165, 1.54) is 23.4 Å². The van der Waals surface area contributed by atoms with Gasteiger partial charge >= 0.3 is 0 Å². The summed E-state index contributed by atoms with van der Waals surface area (Å²) in [7, 11) is -3.61. The van der Waals surface area contributed by atoms with E-state index < -0.39 is 10.0 Å². The van der Waals surface area contributed by atoms with Gasteiger partial charge in [0, 0.05) is 55.1 Å². The van der Waals surface area contributed by atoms with Crippen LogP contribution in [0.5, 0.6) is 0 Å². The third-order valence-corrected chi connectivity index (χ3v) is 7.36. The Morgan fingerprint density at radius 2 is 1.90 bits per heavy atom. The predicted octanol–water partition coefficient (Wildman–Crippen LogP) is 4.05. The van der Waals surface area contributed by atoms with Crippen molar-refractivity contribution in [2.75, 3.05) is 18.4 Å². The van der Waals surface area contributed by atoms with Crippen molar-refractivity contribution < 1.29 is 13.2 Å². The number of nitrogens with one attached hydrogen (secondary N) is 1. The molecule has 1 N–H and O–H groups in total. The zero-order valence-corrected chi connectivity index (χ0v) is 18.7. The lowest BCUT2D eigenvalue weighted by molar-refractivity contribution is -0.114. The molecule has 31 heavy (non-hydrogen) atoms. The molecule has 8 heteroatoms. The van der Waals surface area contributed by atoms with Gasteiger partial charge < -0.3 is 9.88 Å². The Kier molecular flexibility index (Phi) is 5.68. The molecule has 1 aromatic carbocycles. The van der Waals surface area contributed by atoms with Gasteiger partial charge in [-0.05, 0) is 62.2 Å². The van der Waals surface area contributed by atoms with Crippen molar-refractivity contribution in [3.05, 3.63) is 60.4 Å². The lowest BCUT2D eigenvalue weighted by Gasteiger charge is -2.26. The van der Waals surface area contributed by atoms with E-state index >= 15 is 0 Å². The Hall–Kier alpha value is -2.97. The highest BCUT2D eigenvalue weighted by Gasteiger charge is 2.27. The summed E-state index contributed by atoms with van der Waals surface area (Å²) in [5.74, 6) is -0.196. The average Bonchev–Trinajstić information content (AvgIpc) is 3.14. The Labute approximate surface area is 182 Å². The van der Waals surface area contributed by atoms with E-state index in [-0.39, 0.29) is 16.8 Å². The molecule has 1 aliphatic rings. The molecular weight excluding hydrogens is 412 g/mol. The number of nitrogens with zero attached hydrogens (tertiary/aromatic N) is 3. The summed E-state index contributed by atoms with van der Waals surface area (Å²) >= 11 is 0. The highest BCUT2D eigenvalue weighted by Crippen LogP contribution is 2.33. The Morgan fingerprint density at radius 3 is 2.52 bits per heavy atom. The lowest BCUT2D eigenvalue weighted by Crippen LogP contribution is -2.34. The molecule has 0 unspecified atom stereocenters. The molecule has 2 aromatic heterocycles. The Morgan fingerprint density at radius 1 is 1.16 bits per heavy atom. The van der Waals surface area contributed by atoms with Gasteiger partial charge in [0.15, 0.2) is 0 Å². The zero-order chi connectivity index (χ0) is 22.2. The van der Waals surface area contributed by atoms with Crippen molar-refractivity contribution >= 4 is 38.2 Å². The third-order valence-electron chi connectivity index (χ3n) is 5.48. The number of fused-ring (bicyclic) bond motifs is 1. The summed E-state index contributed by atoms with van der Waals surface area (Å²) in [6.45, 7) is 6.39. The second-order valence-electron chi connectivity index (χ2n) is 7.97. The summed E-state index contributed by atoms with van der Waals surface area (Å²) in [5, 5.41) is 3.74. The molecule has 7 nitrogen and oxygen atoms in total. The second-order valence-corrected chi connectivity index (χ2v) is 9.90. The zero-order valence-electron chi connectivity index (χ0n) is 17.9. The van der Waals surface area contributed by atoms with Gasteiger partial charge in [0.1, 0.15) is 5.65 Å². The predicted molar refractivity (Wildman–Crippen MR) is 122 cm³/mol. The highest BCUT2D eigenvalue weighted by atomic mass is 32.2. The fourth-order valence-electron chi connectivity index (χ4n) is 3.91. The number of hydrogen-bond acceptors (Lipinski definition) is 4. The summed E-state index contributed by atoms with van der Waals surface area (Å²) in [6, 6.07) is 10.6. The second kappa shape index (κ2) is 8.28. The quantitative estimate of drug-likeness (QED) is 0.651. The minimum absolute atomic E-state index is 0.196. The molecule has 0 aliphatic carbocycles. The minimum atomic E-state index is -3.61. The van der Waals surface area contributed by atoms with Gasteiger partial charge in [0.25, 0.3) is 0 Å². The van der Waals surface area contributed by atoms with Crippen LogP contribution in [0.25, 0.3) is 16.6 Å². The molecule has 0 saturated carbocycles. The van der Waals surface area contributed by atoms with Crippen molar-refractivity contribution in [3.8, 4) is 0 Å². The summed E-state index contributed by atoms with van der Waals surface area (Å²) in [5.41, 5.74) is 3.78. The molecule has 0 atom stereocenters. The first-order chi connectivity index (χ1) is 14.8. The number of sulfonamides is 1. The number of amides is 1. The van der Waals surface area contributed by atoms with Crippen LogP contribution in [0.3, 0.4) is 0 Å². The molecule has 0 spiro atoms. The monoisotopic (exact) mass is 438 g/mol. The van der Waals surface area contributed by atoms with Gasteiger partial charge in [-0.3, -0.25) is 4.79 Å². The number of anilines is 1. The molecule has 0 fully saturated rings. The maximum absolute atomic E-state index is 13.1. The number of hydrogen-bond donors (Lipinski definition) is 1. The van der Waals surface area contributed by atoms with Crippen LogP contribution in [0.15, 0.2) is 59.8 Å². The molecule has 162 valence electrons. The fourth-order valence-corrected chi connectivity index (χ4v) is 5.29. The van der Waals surface area contributed by atoms with E-state index in [1.54, 1.807) is 18.3 Å². The number of benzene rings is 1. The van der Waals surface area contributed by atoms with Gasteiger partial charge in [0.2, 0.25) is 15.9 Å². The number of rotatable bonds is 5. The maximum Gasteiger partial charge on any atom is 0.243 e. The molecule has 3 heterocycles. The number of carbonyl (C=O) groups excluding carboxylic acids is 1. The Bertz CT molecular complexity index is 1260. The average molecular weight is 439 g/mol. The third kappa shape index (κ3) is 4.13. The fraction of sp³-hybridized carbons (Fsp3) is 0.304. The first kappa shape index (κ1) is 21.3. The Balaban J connectivity index is 1.58. The van der Waals surface area contributed by atoms with Gasteiger partial charge in [-0.15, -0.1) is 0 Å². The maximum atomic E-state index is 13.1. The minimum Gasteiger partial charge on any atom is -0.329 e. The topological polar surface area (TPSA) is 84.3 Å². The first-order valence-electron chi connectivity index (χ1n) is 10.3. The highest BCUT2D eigenvalue weighted by molar-refractivity contribution is 7.89. The molecule has 0 bridgehead atoms. The largest absolute Gasteiger partial charge is 0.329 e.